The molecule has 1 heterocycles. The van der Waals surface area contributed by atoms with Gasteiger partial charge in [0.05, 0.1) is 5.92 Å². The predicted octanol–water partition coefficient (Wildman–Crippen LogP) is 2.11. The minimum absolute atomic E-state index is 0.0256. The summed E-state index contributed by atoms with van der Waals surface area (Å²) in [5.41, 5.74) is 0.797. The molecule has 6 heteroatoms. The van der Waals surface area contributed by atoms with Crippen molar-refractivity contribution >= 4 is 29.2 Å². The van der Waals surface area contributed by atoms with Crippen LogP contribution in [-0.4, -0.2) is 29.4 Å². The van der Waals surface area contributed by atoms with Crippen LogP contribution < -0.4 is 10.2 Å². The van der Waals surface area contributed by atoms with Crippen LogP contribution in [0.3, 0.4) is 0 Å². The number of carbonyl (C=O) groups excluding carboxylic acids is 2. The zero-order chi connectivity index (χ0) is 16.5. The van der Waals surface area contributed by atoms with E-state index in [1.54, 1.807) is 24.3 Å². The van der Waals surface area contributed by atoms with Gasteiger partial charge in [0.1, 0.15) is 0 Å². The lowest BCUT2D eigenvalue weighted by Crippen LogP contribution is -2.28. The standard InChI is InChI=1S/C16H20N2O4/c1-16(2,3)15(22)17-11-4-6-12(7-5-11)18-9-10(14(20)21)8-13(18)19/h4-7,10H,8-9H2,1-3H3,(H,17,22)(H,20,21). The summed E-state index contributed by atoms with van der Waals surface area (Å²) in [5.74, 6) is -1.90. The Bertz CT molecular complexity index is 602. The second-order valence-electron chi connectivity index (χ2n) is 6.49. The summed E-state index contributed by atoms with van der Waals surface area (Å²) in [6, 6.07) is 6.83. The number of nitrogens with zero attached hydrogens (tertiary/aromatic N) is 1. The highest BCUT2D eigenvalue weighted by molar-refractivity contribution is 5.99. The molecule has 1 aromatic carbocycles. The van der Waals surface area contributed by atoms with Crippen LogP contribution >= 0.6 is 0 Å². The van der Waals surface area contributed by atoms with Gasteiger partial charge < -0.3 is 15.3 Å². The second kappa shape index (κ2) is 5.79. The first-order valence-electron chi connectivity index (χ1n) is 7.13. The number of amides is 2. The van der Waals surface area contributed by atoms with Gasteiger partial charge in [0, 0.05) is 29.8 Å². The Balaban J connectivity index is 2.08. The number of hydrogen-bond donors (Lipinski definition) is 2. The number of rotatable bonds is 3. The number of carboxylic acids is 1. The summed E-state index contributed by atoms with van der Waals surface area (Å²) >= 11 is 0. The van der Waals surface area contributed by atoms with Crippen LogP contribution in [0.15, 0.2) is 24.3 Å². The zero-order valence-corrected chi connectivity index (χ0v) is 12.9. The summed E-state index contributed by atoms with van der Waals surface area (Å²) in [5, 5.41) is 11.8. The van der Waals surface area contributed by atoms with Crippen LogP contribution in [0.4, 0.5) is 11.4 Å². The molecule has 0 bridgehead atoms. The molecule has 2 amide bonds. The molecule has 1 aliphatic rings. The number of carbonyl (C=O) groups is 3. The fraction of sp³-hybridized carbons (Fsp3) is 0.438. The molecule has 0 aromatic heterocycles. The maximum atomic E-state index is 11.9. The van der Waals surface area contributed by atoms with Gasteiger partial charge in [0.15, 0.2) is 0 Å². The maximum absolute atomic E-state index is 11.9. The molecular weight excluding hydrogens is 284 g/mol. The average Bonchev–Trinajstić information content (AvgIpc) is 2.81. The first-order chi connectivity index (χ1) is 10.2. The number of nitrogens with one attached hydrogen (secondary N) is 1. The van der Waals surface area contributed by atoms with Crippen LogP contribution in [0.25, 0.3) is 0 Å². The van der Waals surface area contributed by atoms with Crippen LogP contribution in [0.5, 0.6) is 0 Å². The Morgan fingerprint density at radius 2 is 1.82 bits per heavy atom. The molecular formula is C16H20N2O4. The molecule has 1 atom stereocenters. The smallest absolute Gasteiger partial charge is 0.308 e. The molecule has 1 fully saturated rings. The van der Waals surface area contributed by atoms with Crippen molar-refractivity contribution in [3.05, 3.63) is 24.3 Å². The van der Waals surface area contributed by atoms with Crippen molar-refractivity contribution in [3.8, 4) is 0 Å². The Labute approximate surface area is 129 Å². The van der Waals surface area contributed by atoms with Gasteiger partial charge in [-0.15, -0.1) is 0 Å². The van der Waals surface area contributed by atoms with Gasteiger partial charge in [0.25, 0.3) is 0 Å². The second-order valence-corrected chi connectivity index (χ2v) is 6.49. The van der Waals surface area contributed by atoms with E-state index in [1.165, 1.54) is 4.90 Å². The normalized spacial score (nSPS) is 18.4. The van der Waals surface area contributed by atoms with Crippen molar-refractivity contribution in [1.29, 1.82) is 0 Å². The van der Waals surface area contributed by atoms with E-state index in [9.17, 15) is 14.4 Å². The molecule has 22 heavy (non-hydrogen) atoms. The Morgan fingerprint density at radius 3 is 2.27 bits per heavy atom. The van der Waals surface area contributed by atoms with Crippen molar-refractivity contribution in [1.82, 2.24) is 0 Å². The topological polar surface area (TPSA) is 86.7 Å². The van der Waals surface area contributed by atoms with Crippen molar-refractivity contribution in [2.45, 2.75) is 27.2 Å². The van der Waals surface area contributed by atoms with Crippen molar-refractivity contribution in [2.75, 3.05) is 16.8 Å². The zero-order valence-electron chi connectivity index (χ0n) is 12.9. The molecule has 2 rings (SSSR count). The van der Waals surface area contributed by atoms with E-state index >= 15 is 0 Å². The third kappa shape index (κ3) is 3.44. The van der Waals surface area contributed by atoms with Crippen LogP contribution in [0, 0.1) is 11.3 Å². The minimum Gasteiger partial charge on any atom is -0.481 e. The molecule has 1 saturated heterocycles. The largest absolute Gasteiger partial charge is 0.481 e. The van der Waals surface area contributed by atoms with E-state index in [2.05, 4.69) is 5.32 Å². The summed E-state index contributed by atoms with van der Waals surface area (Å²) in [6.45, 7) is 5.66. The van der Waals surface area contributed by atoms with Gasteiger partial charge in [-0.25, -0.2) is 0 Å². The fourth-order valence-electron chi connectivity index (χ4n) is 2.17. The van der Waals surface area contributed by atoms with Gasteiger partial charge in [-0.2, -0.15) is 0 Å². The molecule has 6 nitrogen and oxygen atoms in total. The lowest BCUT2D eigenvalue weighted by Gasteiger charge is -2.19. The van der Waals surface area contributed by atoms with E-state index in [4.69, 9.17) is 5.11 Å². The number of carboxylic acid groups (broad SMARTS) is 1. The summed E-state index contributed by atoms with van der Waals surface area (Å²) in [7, 11) is 0. The predicted molar refractivity (Wildman–Crippen MR) is 82.6 cm³/mol. The molecule has 1 aliphatic heterocycles. The number of anilines is 2. The molecule has 1 aromatic rings. The van der Waals surface area contributed by atoms with Gasteiger partial charge in [0.2, 0.25) is 11.8 Å². The molecule has 0 aliphatic carbocycles. The molecule has 118 valence electrons. The quantitative estimate of drug-likeness (QED) is 0.895. The van der Waals surface area contributed by atoms with Gasteiger partial charge in [-0.3, -0.25) is 14.4 Å². The summed E-state index contributed by atoms with van der Waals surface area (Å²) in [6.07, 6.45) is 0.0256. The van der Waals surface area contributed by atoms with Crippen molar-refractivity contribution < 1.29 is 19.5 Å². The maximum Gasteiger partial charge on any atom is 0.308 e. The Hall–Kier alpha value is -2.37. The lowest BCUT2D eigenvalue weighted by atomic mass is 9.95. The Morgan fingerprint density at radius 1 is 1.23 bits per heavy atom. The minimum atomic E-state index is -0.954. The molecule has 0 saturated carbocycles. The van der Waals surface area contributed by atoms with E-state index < -0.39 is 17.3 Å². The fourth-order valence-corrected chi connectivity index (χ4v) is 2.17. The summed E-state index contributed by atoms with van der Waals surface area (Å²) in [4.78, 5) is 36.2. The highest BCUT2D eigenvalue weighted by Gasteiger charge is 2.35. The third-order valence-electron chi connectivity index (χ3n) is 3.59. The average molecular weight is 304 g/mol. The molecule has 0 spiro atoms. The van der Waals surface area contributed by atoms with Crippen molar-refractivity contribution in [2.24, 2.45) is 11.3 Å². The number of aliphatic carboxylic acids is 1. The Kier molecular flexibility index (Phi) is 4.21. The van der Waals surface area contributed by atoms with Gasteiger partial charge in [-0.05, 0) is 24.3 Å². The van der Waals surface area contributed by atoms with E-state index in [-0.39, 0.29) is 24.8 Å². The molecule has 2 N–H and O–H groups in total. The third-order valence-corrected chi connectivity index (χ3v) is 3.59. The first-order valence-corrected chi connectivity index (χ1v) is 7.13. The SMILES string of the molecule is CC(C)(C)C(=O)Nc1ccc(N2CC(C(=O)O)CC2=O)cc1. The molecule has 0 radical (unpaired) electrons. The highest BCUT2D eigenvalue weighted by atomic mass is 16.4. The van der Waals surface area contributed by atoms with Crippen LogP contribution in [0.2, 0.25) is 0 Å². The van der Waals surface area contributed by atoms with Crippen molar-refractivity contribution in [3.63, 3.8) is 0 Å². The van der Waals surface area contributed by atoms with Gasteiger partial charge >= 0.3 is 5.97 Å². The number of hydrogen-bond acceptors (Lipinski definition) is 3. The van der Waals surface area contributed by atoms with Crippen LogP contribution in [-0.2, 0) is 14.4 Å². The van der Waals surface area contributed by atoms with E-state index in [1.807, 2.05) is 20.8 Å². The van der Waals surface area contributed by atoms with E-state index in [0.717, 1.165) is 0 Å². The summed E-state index contributed by atoms with van der Waals surface area (Å²) < 4.78 is 0. The highest BCUT2D eigenvalue weighted by Crippen LogP contribution is 2.27. The van der Waals surface area contributed by atoms with Gasteiger partial charge in [-0.1, -0.05) is 20.8 Å². The molecule has 1 unspecified atom stereocenters. The monoisotopic (exact) mass is 304 g/mol. The van der Waals surface area contributed by atoms with Crippen LogP contribution in [0.1, 0.15) is 27.2 Å². The first kappa shape index (κ1) is 16.0. The van der Waals surface area contributed by atoms with E-state index in [0.29, 0.717) is 11.4 Å². The lowest BCUT2D eigenvalue weighted by molar-refractivity contribution is -0.141. The number of benzene rings is 1.